The second-order valence-corrected chi connectivity index (χ2v) is 11.9. The first kappa shape index (κ1) is 40.5. The second kappa shape index (κ2) is 25.1. The SMILES string of the molecule is C/C=C(\C=C/CN=C(N)c1ccccc1)c1ccc(-c2ccccc2)cc1.C/C=C\C=C/NC/C=C\C=C1\C=CC=CC1C.CCc1ccccc1. The largest absolute Gasteiger partial charge is 0.387 e. The van der Waals surface area contributed by atoms with Crippen molar-refractivity contribution in [3.8, 4) is 11.1 Å². The number of amidine groups is 1. The first-order chi connectivity index (χ1) is 25.5. The van der Waals surface area contributed by atoms with E-state index in [1.165, 1.54) is 33.4 Å². The van der Waals surface area contributed by atoms with Crippen molar-refractivity contribution in [1.29, 1.82) is 0 Å². The molecule has 4 aromatic carbocycles. The normalized spacial score (nSPS) is 15.2. The summed E-state index contributed by atoms with van der Waals surface area (Å²) in [5.41, 5.74) is 14.6. The van der Waals surface area contributed by atoms with Crippen molar-refractivity contribution in [1.82, 2.24) is 5.32 Å². The summed E-state index contributed by atoms with van der Waals surface area (Å²) >= 11 is 0. The summed E-state index contributed by atoms with van der Waals surface area (Å²) in [5, 5.41) is 3.19. The molecule has 3 N–H and O–H groups in total. The molecule has 1 aliphatic rings. The molecule has 0 saturated carbocycles. The lowest BCUT2D eigenvalue weighted by atomic mass is 9.96. The summed E-state index contributed by atoms with van der Waals surface area (Å²) in [5.74, 6) is 1.08. The Hall–Kier alpha value is -5.93. The van der Waals surface area contributed by atoms with Gasteiger partial charge in [-0.05, 0) is 71.9 Å². The highest BCUT2D eigenvalue weighted by atomic mass is 14.8. The smallest absolute Gasteiger partial charge is 0.125 e. The van der Waals surface area contributed by atoms with E-state index in [1.807, 2.05) is 86.8 Å². The van der Waals surface area contributed by atoms with E-state index in [0.29, 0.717) is 18.3 Å². The van der Waals surface area contributed by atoms with Crippen molar-refractivity contribution in [3.63, 3.8) is 0 Å². The molecule has 3 nitrogen and oxygen atoms in total. The Balaban J connectivity index is 0.000000247. The maximum atomic E-state index is 6.03. The minimum atomic E-state index is 0.521. The van der Waals surface area contributed by atoms with Crippen LogP contribution in [0, 0.1) is 5.92 Å². The van der Waals surface area contributed by atoms with E-state index in [0.717, 1.165) is 18.5 Å². The van der Waals surface area contributed by atoms with Crippen molar-refractivity contribution in [3.05, 3.63) is 223 Å². The van der Waals surface area contributed by atoms with E-state index < -0.39 is 0 Å². The number of hydrogen-bond acceptors (Lipinski definition) is 2. The van der Waals surface area contributed by atoms with E-state index in [9.17, 15) is 0 Å². The number of aliphatic imine (C=N–C) groups is 1. The number of nitrogens with zero attached hydrogens (tertiary/aromatic N) is 1. The lowest BCUT2D eigenvalue weighted by Crippen LogP contribution is -2.13. The van der Waals surface area contributed by atoms with Gasteiger partial charge in [-0.1, -0.05) is 202 Å². The Kier molecular flexibility index (Phi) is 19.5. The van der Waals surface area contributed by atoms with Crippen LogP contribution in [0.4, 0.5) is 0 Å². The maximum Gasteiger partial charge on any atom is 0.125 e. The molecule has 266 valence electrons. The van der Waals surface area contributed by atoms with Crippen molar-refractivity contribution in [2.45, 2.75) is 34.1 Å². The predicted octanol–water partition coefficient (Wildman–Crippen LogP) is 11.9. The molecule has 5 rings (SSSR count). The second-order valence-electron chi connectivity index (χ2n) is 11.9. The monoisotopic (exact) mass is 685 g/mol. The molecule has 0 spiro atoms. The Morgan fingerprint density at radius 1 is 0.731 bits per heavy atom. The average molecular weight is 686 g/mol. The van der Waals surface area contributed by atoms with Gasteiger partial charge in [-0.3, -0.25) is 4.99 Å². The zero-order valence-corrected chi connectivity index (χ0v) is 31.3. The molecule has 1 unspecified atom stereocenters. The number of nitrogens with two attached hydrogens (primary N) is 1. The van der Waals surface area contributed by atoms with Gasteiger partial charge in [0.2, 0.25) is 0 Å². The molecule has 0 bridgehead atoms. The van der Waals surface area contributed by atoms with Crippen molar-refractivity contribution in [2.24, 2.45) is 16.6 Å². The summed E-state index contributed by atoms with van der Waals surface area (Å²) in [7, 11) is 0. The van der Waals surface area contributed by atoms with Crippen LogP contribution in [-0.4, -0.2) is 18.9 Å². The Morgan fingerprint density at radius 3 is 2.00 bits per heavy atom. The number of allylic oxidation sites excluding steroid dienone is 13. The van der Waals surface area contributed by atoms with E-state index in [1.54, 1.807) is 0 Å². The predicted molar refractivity (Wildman–Crippen MR) is 229 cm³/mol. The van der Waals surface area contributed by atoms with Crippen LogP contribution in [-0.2, 0) is 6.42 Å². The molecule has 1 aliphatic carbocycles. The third-order valence-electron chi connectivity index (χ3n) is 8.12. The molecule has 0 heterocycles. The molecule has 0 amide bonds. The molecule has 0 aromatic heterocycles. The standard InChI is InChI=1S/C25H24N2.C16H21N.C8H10/c1-2-20(14-9-19-27-25(26)24-12-7-4-8-13-24)22-15-17-23(18-16-22)21-10-5-3-6-11-21;1-3-4-8-13-17-14-9-7-12-16-11-6-5-10-15(16)2;1-2-8-6-4-3-5-7-8/h2-18H,19H2,1H3,(H2,26,27);3-13,15,17H,14H2,1-2H3;3-7H,2H2,1H3/b14-9-,20-2+;4-3-,9-7-,13-8-,16-12-;. The lowest BCUT2D eigenvalue weighted by molar-refractivity contribution is 0.883. The van der Waals surface area contributed by atoms with Gasteiger partial charge in [-0.15, -0.1) is 0 Å². The molecule has 4 aromatic rings. The van der Waals surface area contributed by atoms with E-state index in [2.05, 4.69) is 152 Å². The van der Waals surface area contributed by atoms with E-state index in [-0.39, 0.29) is 0 Å². The fraction of sp³-hybridized carbons (Fsp3) is 0.163. The number of hydrogen-bond donors (Lipinski definition) is 2. The van der Waals surface area contributed by atoms with E-state index in [4.69, 9.17) is 5.73 Å². The summed E-state index contributed by atoms with van der Waals surface area (Å²) in [6.07, 6.45) is 30.3. The zero-order valence-electron chi connectivity index (χ0n) is 31.3. The third kappa shape index (κ3) is 15.7. The van der Waals surface area contributed by atoms with Crippen LogP contribution in [0.15, 0.2) is 211 Å². The molecule has 3 heteroatoms. The van der Waals surface area contributed by atoms with Gasteiger partial charge in [-0.2, -0.15) is 0 Å². The van der Waals surface area contributed by atoms with Gasteiger partial charge in [0.05, 0.1) is 6.54 Å². The molecular weight excluding hydrogens is 631 g/mol. The summed E-state index contributed by atoms with van der Waals surface area (Å²) in [6.45, 7) is 9.83. The average Bonchev–Trinajstić information content (AvgIpc) is 3.21. The van der Waals surface area contributed by atoms with Crippen LogP contribution < -0.4 is 11.1 Å². The van der Waals surface area contributed by atoms with Crippen LogP contribution >= 0.6 is 0 Å². The van der Waals surface area contributed by atoms with Gasteiger partial charge in [0, 0.05) is 12.1 Å². The highest BCUT2D eigenvalue weighted by molar-refractivity contribution is 5.97. The van der Waals surface area contributed by atoms with Crippen molar-refractivity contribution >= 4 is 11.4 Å². The van der Waals surface area contributed by atoms with Gasteiger partial charge in [0.15, 0.2) is 0 Å². The number of benzene rings is 4. The van der Waals surface area contributed by atoms with E-state index >= 15 is 0 Å². The highest BCUT2D eigenvalue weighted by Crippen LogP contribution is 2.23. The third-order valence-corrected chi connectivity index (χ3v) is 8.12. The first-order valence-electron chi connectivity index (χ1n) is 18.2. The summed E-state index contributed by atoms with van der Waals surface area (Å²) in [4.78, 5) is 4.43. The molecule has 0 saturated heterocycles. The zero-order chi connectivity index (χ0) is 37.1. The van der Waals surface area contributed by atoms with Crippen LogP contribution in [0.2, 0.25) is 0 Å². The van der Waals surface area contributed by atoms with Gasteiger partial charge in [-0.25, -0.2) is 0 Å². The quantitative estimate of drug-likeness (QED) is 0.0675. The summed E-state index contributed by atoms with van der Waals surface area (Å²) in [6, 6.07) is 39.3. The molecule has 1 atom stereocenters. The van der Waals surface area contributed by atoms with Crippen molar-refractivity contribution in [2.75, 3.05) is 13.1 Å². The molecular formula is C49H55N3. The first-order valence-corrected chi connectivity index (χ1v) is 18.2. The Labute approximate surface area is 313 Å². The lowest BCUT2D eigenvalue weighted by Gasteiger charge is -2.09. The van der Waals surface area contributed by atoms with Crippen LogP contribution in [0.1, 0.15) is 44.4 Å². The minimum Gasteiger partial charge on any atom is -0.387 e. The number of aryl methyl sites for hydroxylation is 1. The highest BCUT2D eigenvalue weighted by Gasteiger charge is 2.03. The van der Waals surface area contributed by atoms with Gasteiger partial charge in [0.25, 0.3) is 0 Å². The van der Waals surface area contributed by atoms with Gasteiger partial charge in [0.1, 0.15) is 5.84 Å². The van der Waals surface area contributed by atoms with Crippen LogP contribution in [0.5, 0.6) is 0 Å². The van der Waals surface area contributed by atoms with Gasteiger partial charge < -0.3 is 11.1 Å². The maximum absolute atomic E-state index is 6.03. The summed E-state index contributed by atoms with van der Waals surface area (Å²) < 4.78 is 0. The number of nitrogens with one attached hydrogen (secondary N) is 1. The fourth-order valence-corrected chi connectivity index (χ4v) is 5.08. The Morgan fingerprint density at radius 2 is 1.38 bits per heavy atom. The molecule has 52 heavy (non-hydrogen) atoms. The molecule has 0 radical (unpaired) electrons. The van der Waals surface area contributed by atoms with Crippen molar-refractivity contribution < 1.29 is 0 Å². The molecule has 0 aliphatic heterocycles. The Bertz CT molecular complexity index is 1830. The molecule has 0 fully saturated rings. The topological polar surface area (TPSA) is 50.4 Å². The van der Waals surface area contributed by atoms with Crippen LogP contribution in [0.3, 0.4) is 0 Å². The minimum absolute atomic E-state index is 0.521. The van der Waals surface area contributed by atoms with Crippen LogP contribution in [0.25, 0.3) is 16.7 Å². The number of rotatable bonds is 12. The fourth-order valence-electron chi connectivity index (χ4n) is 5.08. The van der Waals surface area contributed by atoms with Gasteiger partial charge >= 0.3 is 0 Å².